The lowest BCUT2D eigenvalue weighted by Crippen LogP contribution is -2.30. The molecule has 5 heteroatoms. The number of hydrogen-bond donors (Lipinski definition) is 2. The van der Waals surface area contributed by atoms with Gasteiger partial charge in [-0.3, -0.25) is 4.79 Å². The minimum Gasteiger partial charge on any atom is -0.386 e. The maximum absolute atomic E-state index is 11.6. The number of hydrogen-bond acceptors (Lipinski definition) is 2. The summed E-state index contributed by atoms with van der Waals surface area (Å²) >= 11 is 11.5. The molecule has 2 N–H and O–H groups in total. The lowest BCUT2D eigenvalue weighted by atomic mass is 10.2. The van der Waals surface area contributed by atoms with Crippen molar-refractivity contribution in [1.29, 1.82) is 0 Å². The van der Waals surface area contributed by atoms with Gasteiger partial charge in [-0.15, -0.1) is 0 Å². The standard InChI is InChI=1S/C12H13Cl2NO2/c13-12(14)8-11(12,17)6-10(16)15-7-9-4-2-1-3-5-9/h1-5,17H,6-8H2,(H,15,16). The fraction of sp³-hybridized carbons (Fsp3) is 0.417. The molecule has 0 spiro atoms. The Kier molecular flexibility index (Phi) is 3.34. The van der Waals surface area contributed by atoms with Crippen LogP contribution in [0.1, 0.15) is 18.4 Å². The summed E-state index contributed by atoms with van der Waals surface area (Å²) in [6.45, 7) is 0.438. The third kappa shape index (κ3) is 2.92. The SMILES string of the molecule is O=C(CC1(O)CC1(Cl)Cl)NCc1ccccc1. The molecule has 0 heterocycles. The normalized spacial score (nSPS) is 25.4. The zero-order chi connectivity index (χ0) is 12.5. The van der Waals surface area contributed by atoms with Gasteiger partial charge in [0.05, 0.1) is 6.42 Å². The maximum atomic E-state index is 11.6. The number of benzene rings is 1. The minimum atomic E-state index is -1.27. The topological polar surface area (TPSA) is 49.3 Å². The van der Waals surface area contributed by atoms with Crippen molar-refractivity contribution in [3.8, 4) is 0 Å². The van der Waals surface area contributed by atoms with Crippen LogP contribution in [0.25, 0.3) is 0 Å². The molecule has 0 aromatic heterocycles. The first-order chi connectivity index (χ1) is 7.93. The summed E-state index contributed by atoms with van der Waals surface area (Å²) in [5.74, 6) is -0.250. The summed E-state index contributed by atoms with van der Waals surface area (Å²) in [5.41, 5.74) is -0.261. The van der Waals surface area contributed by atoms with Crippen LogP contribution in [0.4, 0.5) is 0 Å². The number of amides is 1. The van der Waals surface area contributed by atoms with Crippen molar-refractivity contribution in [2.75, 3.05) is 0 Å². The highest BCUT2D eigenvalue weighted by molar-refractivity contribution is 6.52. The molecule has 1 aromatic rings. The van der Waals surface area contributed by atoms with Crippen LogP contribution in [-0.2, 0) is 11.3 Å². The molecule has 1 aliphatic rings. The molecule has 0 aliphatic heterocycles. The van der Waals surface area contributed by atoms with Crippen LogP contribution in [0, 0.1) is 0 Å². The third-order valence-electron chi connectivity index (χ3n) is 2.86. The van der Waals surface area contributed by atoms with Gasteiger partial charge >= 0.3 is 0 Å². The molecule has 0 bridgehead atoms. The van der Waals surface area contributed by atoms with E-state index in [9.17, 15) is 9.90 Å². The van der Waals surface area contributed by atoms with Crippen molar-refractivity contribution >= 4 is 29.1 Å². The predicted molar refractivity (Wildman–Crippen MR) is 66.9 cm³/mol. The van der Waals surface area contributed by atoms with E-state index in [4.69, 9.17) is 23.2 Å². The Balaban J connectivity index is 1.80. The first-order valence-corrected chi connectivity index (χ1v) is 6.09. The van der Waals surface area contributed by atoms with Crippen LogP contribution in [0.3, 0.4) is 0 Å². The molecule has 2 rings (SSSR count). The fourth-order valence-corrected chi connectivity index (χ4v) is 2.22. The zero-order valence-corrected chi connectivity index (χ0v) is 10.6. The number of carbonyl (C=O) groups excluding carboxylic acids is 1. The Morgan fingerprint density at radius 2 is 1.94 bits per heavy atom. The van der Waals surface area contributed by atoms with Crippen LogP contribution in [-0.4, -0.2) is 20.9 Å². The van der Waals surface area contributed by atoms with Gasteiger partial charge in [0.1, 0.15) is 9.93 Å². The highest BCUT2D eigenvalue weighted by Crippen LogP contribution is 2.58. The summed E-state index contributed by atoms with van der Waals surface area (Å²) in [6, 6.07) is 9.55. The molecule has 1 fully saturated rings. The summed E-state index contributed by atoms with van der Waals surface area (Å²) in [6.07, 6.45) is 0.175. The quantitative estimate of drug-likeness (QED) is 0.825. The summed E-state index contributed by atoms with van der Waals surface area (Å²) in [5, 5.41) is 12.5. The molecular formula is C12H13Cl2NO2. The van der Waals surface area contributed by atoms with Crippen molar-refractivity contribution in [2.45, 2.75) is 29.3 Å². The smallest absolute Gasteiger partial charge is 0.223 e. The average Bonchev–Trinajstić information content (AvgIpc) is 2.75. The second-order valence-electron chi connectivity index (χ2n) is 4.35. The van der Waals surface area contributed by atoms with Gasteiger partial charge in [0.25, 0.3) is 0 Å². The number of halogens is 2. The molecule has 1 atom stereocenters. The molecule has 0 saturated heterocycles. The van der Waals surface area contributed by atoms with Gasteiger partial charge in [0.2, 0.25) is 5.91 Å². The number of rotatable bonds is 4. The molecule has 1 amide bonds. The molecule has 3 nitrogen and oxygen atoms in total. The Morgan fingerprint density at radius 1 is 1.35 bits per heavy atom. The third-order valence-corrected chi connectivity index (χ3v) is 3.83. The van der Waals surface area contributed by atoms with Crippen LogP contribution < -0.4 is 5.32 Å². The first-order valence-electron chi connectivity index (χ1n) is 5.34. The van der Waals surface area contributed by atoms with Gasteiger partial charge in [-0.25, -0.2) is 0 Å². The fourth-order valence-electron chi connectivity index (χ4n) is 1.64. The van der Waals surface area contributed by atoms with Gasteiger partial charge in [-0.05, 0) is 5.56 Å². The van der Waals surface area contributed by atoms with Crippen molar-refractivity contribution in [1.82, 2.24) is 5.32 Å². The Hall–Kier alpha value is -0.770. The Bertz CT molecular complexity index is 422. The summed E-state index contributed by atoms with van der Waals surface area (Å²) < 4.78 is -1.17. The molecule has 0 radical (unpaired) electrons. The molecule has 1 aromatic carbocycles. The molecule has 1 saturated carbocycles. The lowest BCUT2D eigenvalue weighted by molar-refractivity contribution is -0.123. The molecular weight excluding hydrogens is 261 g/mol. The Morgan fingerprint density at radius 3 is 2.47 bits per heavy atom. The zero-order valence-electron chi connectivity index (χ0n) is 9.12. The largest absolute Gasteiger partial charge is 0.386 e. The van der Waals surface area contributed by atoms with Gasteiger partial charge in [0.15, 0.2) is 0 Å². The van der Waals surface area contributed by atoms with E-state index in [1.165, 1.54) is 0 Å². The van der Waals surface area contributed by atoms with E-state index in [-0.39, 0.29) is 18.7 Å². The number of nitrogens with one attached hydrogen (secondary N) is 1. The predicted octanol–water partition coefficient (Wildman–Crippen LogP) is 2.00. The number of carbonyl (C=O) groups is 1. The molecule has 1 unspecified atom stereocenters. The van der Waals surface area contributed by atoms with E-state index in [0.29, 0.717) is 6.54 Å². The van der Waals surface area contributed by atoms with Gasteiger partial charge in [-0.2, -0.15) is 0 Å². The van der Waals surface area contributed by atoms with Crippen LogP contribution >= 0.6 is 23.2 Å². The second-order valence-corrected chi connectivity index (χ2v) is 5.84. The number of alkyl halides is 2. The highest BCUT2D eigenvalue weighted by Gasteiger charge is 2.66. The first kappa shape index (κ1) is 12.7. The molecule has 92 valence electrons. The van der Waals surface area contributed by atoms with E-state index in [1.54, 1.807) is 0 Å². The summed E-state index contributed by atoms with van der Waals surface area (Å²) in [7, 11) is 0. The minimum absolute atomic E-state index is 0.0627. The van der Waals surface area contributed by atoms with Crippen molar-refractivity contribution in [3.05, 3.63) is 35.9 Å². The van der Waals surface area contributed by atoms with E-state index in [0.717, 1.165) is 5.56 Å². The lowest BCUT2D eigenvalue weighted by Gasteiger charge is -2.11. The van der Waals surface area contributed by atoms with E-state index in [1.807, 2.05) is 30.3 Å². The van der Waals surface area contributed by atoms with Gasteiger partial charge < -0.3 is 10.4 Å². The van der Waals surface area contributed by atoms with Crippen molar-refractivity contribution in [2.24, 2.45) is 0 Å². The van der Waals surface area contributed by atoms with Crippen molar-refractivity contribution < 1.29 is 9.90 Å². The Labute approximate surface area is 110 Å². The van der Waals surface area contributed by atoms with Crippen LogP contribution in [0.15, 0.2) is 30.3 Å². The van der Waals surface area contributed by atoms with Crippen LogP contribution in [0.5, 0.6) is 0 Å². The molecule has 1 aliphatic carbocycles. The van der Waals surface area contributed by atoms with Gasteiger partial charge in [-0.1, -0.05) is 53.5 Å². The van der Waals surface area contributed by atoms with E-state index >= 15 is 0 Å². The van der Waals surface area contributed by atoms with E-state index in [2.05, 4.69) is 5.32 Å². The van der Waals surface area contributed by atoms with E-state index < -0.39 is 9.93 Å². The van der Waals surface area contributed by atoms with Crippen molar-refractivity contribution in [3.63, 3.8) is 0 Å². The average molecular weight is 274 g/mol. The molecule has 17 heavy (non-hydrogen) atoms. The monoisotopic (exact) mass is 273 g/mol. The number of aliphatic hydroxyl groups is 1. The second kappa shape index (κ2) is 4.48. The van der Waals surface area contributed by atoms with Gasteiger partial charge in [0, 0.05) is 13.0 Å². The maximum Gasteiger partial charge on any atom is 0.223 e. The van der Waals surface area contributed by atoms with Crippen LogP contribution in [0.2, 0.25) is 0 Å². The highest BCUT2D eigenvalue weighted by atomic mass is 35.5. The summed E-state index contributed by atoms with van der Waals surface area (Å²) in [4.78, 5) is 11.6.